The molecule has 0 bridgehead atoms. The molecule has 1 aliphatic rings. The molecular weight excluding hydrogens is 453 g/mol. The average Bonchev–Trinajstić information content (AvgIpc) is 2.75. The summed E-state index contributed by atoms with van der Waals surface area (Å²) < 4.78 is 39.5. The van der Waals surface area contributed by atoms with Crippen molar-refractivity contribution >= 4 is 21.4 Å². The number of carbonyl (C=O) groups excluding carboxylic acids is 2. The maximum Gasteiger partial charge on any atom is 0.178 e. The van der Waals surface area contributed by atoms with E-state index >= 15 is 0 Å². The molecular formula is C27H34FNO4S. The number of likely N-dealkylation sites (N-methyl/N-ethyl adjacent to an activating group) is 1. The number of ketones is 2. The van der Waals surface area contributed by atoms with Crippen molar-refractivity contribution in [1.82, 2.24) is 4.90 Å². The first-order valence-electron chi connectivity index (χ1n) is 11.9. The predicted molar refractivity (Wildman–Crippen MR) is 131 cm³/mol. The molecule has 0 heterocycles. The van der Waals surface area contributed by atoms with E-state index in [2.05, 4.69) is 0 Å². The van der Waals surface area contributed by atoms with E-state index in [0.29, 0.717) is 21.6 Å². The highest BCUT2D eigenvalue weighted by Crippen LogP contribution is 2.28. The van der Waals surface area contributed by atoms with Crippen LogP contribution >= 0.6 is 0 Å². The number of hydrogen-bond acceptors (Lipinski definition) is 5. The van der Waals surface area contributed by atoms with Crippen LogP contribution in [-0.4, -0.2) is 50.8 Å². The summed E-state index contributed by atoms with van der Waals surface area (Å²) in [4.78, 5) is 26.9. The minimum Gasteiger partial charge on any atom is -0.298 e. The van der Waals surface area contributed by atoms with E-state index in [1.54, 1.807) is 49.2 Å². The van der Waals surface area contributed by atoms with E-state index < -0.39 is 9.84 Å². The first-order chi connectivity index (χ1) is 16.1. The summed E-state index contributed by atoms with van der Waals surface area (Å²) in [5.74, 6) is -0.205. The van der Waals surface area contributed by atoms with E-state index in [1.165, 1.54) is 18.6 Å². The van der Waals surface area contributed by atoms with Crippen LogP contribution in [0.2, 0.25) is 0 Å². The number of sulfone groups is 1. The topological polar surface area (TPSA) is 71.5 Å². The van der Waals surface area contributed by atoms with Crippen molar-refractivity contribution in [3.63, 3.8) is 0 Å². The molecule has 34 heavy (non-hydrogen) atoms. The van der Waals surface area contributed by atoms with Gasteiger partial charge in [-0.2, -0.15) is 0 Å². The highest BCUT2D eigenvalue weighted by atomic mass is 32.2. The standard InChI is InChI=1S/C27H34FNO4S/c1-20-11-12-23(16-27(20)34(32,33)19-21-7-4-3-5-8-21)15-26(31)18-29(2)17-25(30)14-22-9-6-10-24(28)13-22/h6,9-13,16,21H,3-5,7-8,14-15,17-19H2,1-2H3. The lowest BCUT2D eigenvalue weighted by Crippen LogP contribution is -2.32. The molecule has 1 saturated carbocycles. The van der Waals surface area contributed by atoms with Crippen LogP contribution in [0, 0.1) is 18.7 Å². The first-order valence-corrected chi connectivity index (χ1v) is 13.6. The third kappa shape index (κ3) is 7.84. The number of carbonyl (C=O) groups is 2. The number of nitrogens with zero attached hydrogens (tertiary/aromatic N) is 1. The van der Waals surface area contributed by atoms with Gasteiger partial charge in [-0.3, -0.25) is 14.5 Å². The van der Waals surface area contributed by atoms with Crippen LogP contribution in [0.5, 0.6) is 0 Å². The number of halogens is 1. The van der Waals surface area contributed by atoms with Crippen molar-refractivity contribution < 1.29 is 22.4 Å². The summed E-state index contributed by atoms with van der Waals surface area (Å²) in [6, 6.07) is 11.1. The van der Waals surface area contributed by atoms with Crippen LogP contribution < -0.4 is 0 Å². The largest absolute Gasteiger partial charge is 0.298 e. The highest BCUT2D eigenvalue weighted by molar-refractivity contribution is 7.91. The fraction of sp³-hybridized carbons (Fsp3) is 0.481. The highest BCUT2D eigenvalue weighted by Gasteiger charge is 2.25. The second-order valence-corrected chi connectivity index (χ2v) is 11.6. The Morgan fingerprint density at radius 3 is 2.18 bits per heavy atom. The van der Waals surface area contributed by atoms with Crippen LogP contribution in [0.4, 0.5) is 4.39 Å². The Morgan fingerprint density at radius 2 is 1.56 bits per heavy atom. The normalized spacial score (nSPS) is 14.9. The van der Waals surface area contributed by atoms with Gasteiger partial charge < -0.3 is 0 Å². The van der Waals surface area contributed by atoms with E-state index in [0.717, 1.165) is 25.7 Å². The van der Waals surface area contributed by atoms with Gasteiger partial charge in [-0.25, -0.2) is 12.8 Å². The lowest BCUT2D eigenvalue weighted by Gasteiger charge is -2.22. The quantitative estimate of drug-likeness (QED) is 0.471. The Morgan fingerprint density at radius 1 is 0.941 bits per heavy atom. The van der Waals surface area contributed by atoms with E-state index in [1.807, 2.05) is 0 Å². The molecule has 0 aromatic heterocycles. The molecule has 0 atom stereocenters. The minimum absolute atomic E-state index is 0.0763. The van der Waals surface area contributed by atoms with Gasteiger partial charge in [0.15, 0.2) is 21.4 Å². The van der Waals surface area contributed by atoms with Crippen LogP contribution in [0.15, 0.2) is 47.4 Å². The second kappa shape index (κ2) is 11.8. The Hall–Kier alpha value is -2.38. The molecule has 3 rings (SSSR count). The molecule has 2 aromatic carbocycles. The summed E-state index contributed by atoms with van der Waals surface area (Å²) in [5.41, 5.74) is 1.97. The SMILES string of the molecule is Cc1ccc(CC(=O)CN(C)CC(=O)Cc2cccc(F)c2)cc1S(=O)(=O)CC1CCCCC1. The van der Waals surface area contributed by atoms with Gasteiger partial charge in [0.1, 0.15) is 5.82 Å². The van der Waals surface area contributed by atoms with Gasteiger partial charge in [-0.05, 0) is 67.6 Å². The van der Waals surface area contributed by atoms with Crippen molar-refractivity contribution in [2.75, 3.05) is 25.9 Å². The lowest BCUT2D eigenvalue weighted by molar-refractivity contribution is -0.121. The molecule has 184 valence electrons. The molecule has 7 heteroatoms. The zero-order valence-corrected chi connectivity index (χ0v) is 20.9. The third-order valence-corrected chi connectivity index (χ3v) is 8.37. The third-order valence-electron chi connectivity index (χ3n) is 6.35. The zero-order chi connectivity index (χ0) is 24.7. The van der Waals surface area contributed by atoms with Gasteiger partial charge in [0, 0.05) is 12.8 Å². The Bertz CT molecular complexity index is 1120. The zero-order valence-electron chi connectivity index (χ0n) is 20.1. The Balaban J connectivity index is 1.56. The fourth-order valence-corrected chi connectivity index (χ4v) is 6.74. The smallest absolute Gasteiger partial charge is 0.178 e. The van der Waals surface area contributed by atoms with E-state index in [9.17, 15) is 22.4 Å². The molecule has 1 aliphatic carbocycles. The van der Waals surface area contributed by atoms with Crippen molar-refractivity contribution in [1.29, 1.82) is 0 Å². The molecule has 0 spiro atoms. The maximum absolute atomic E-state index is 13.3. The van der Waals surface area contributed by atoms with Crippen LogP contribution in [0.1, 0.15) is 48.8 Å². The molecule has 0 N–H and O–H groups in total. The summed E-state index contributed by atoms with van der Waals surface area (Å²) in [7, 11) is -1.72. The molecule has 5 nitrogen and oxygen atoms in total. The average molecular weight is 488 g/mol. The van der Waals surface area contributed by atoms with Gasteiger partial charge in [0.05, 0.1) is 23.7 Å². The maximum atomic E-state index is 13.3. The molecule has 2 aromatic rings. The van der Waals surface area contributed by atoms with Crippen LogP contribution in [-0.2, 0) is 32.3 Å². The van der Waals surface area contributed by atoms with Gasteiger partial charge in [-0.1, -0.05) is 43.5 Å². The van der Waals surface area contributed by atoms with Gasteiger partial charge in [0.25, 0.3) is 0 Å². The molecule has 0 radical (unpaired) electrons. The minimum atomic E-state index is -3.41. The second-order valence-electron chi connectivity index (χ2n) is 9.62. The summed E-state index contributed by atoms with van der Waals surface area (Å²) in [6.45, 7) is 1.95. The number of rotatable bonds is 11. The van der Waals surface area contributed by atoms with Gasteiger partial charge in [0.2, 0.25) is 0 Å². The van der Waals surface area contributed by atoms with Crippen molar-refractivity contribution in [2.45, 2.75) is 56.8 Å². The first kappa shape index (κ1) is 26.2. The summed E-state index contributed by atoms with van der Waals surface area (Å²) in [6.07, 6.45) is 5.49. The Labute approximate surface area is 202 Å². The van der Waals surface area contributed by atoms with Crippen molar-refractivity contribution in [2.24, 2.45) is 5.92 Å². The fourth-order valence-electron chi connectivity index (χ4n) is 4.72. The molecule has 0 amide bonds. The molecule has 0 saturated heterocycles. The molecule has 0 unspecified atom stereocenters. The van der Waals surface area contributed by atoms with Crippen molar-refractivity contribution in [3.8, 4) is 0 Å². The number of hydrogen-bond donors (Lipinski definition) is 0. The van der Waals surface area contributed by atoms with Crippen LogP contribution in [0.3, 0.4) is 0 Å². The van der Waals surface area contributed by atoms with Crippen molar-refractivity contribution in [3.05, 3.63) is 65.0 Å². The number of benzene rings is 2. The van der Waals surface area contributed by atoms with Gasteiger partial charge >= 0.3 is 0 Å². The predicted octanol–water partition coefficient (Wildman–Crippen LogP) is 4.34. The summed E-state index contributed by atoms with van der Waals surface area (Å²) in [5, 5.41) is 0. The van der Waals surface area contributed by atoms with E-state index in [4.69, 9.17) is 0 Å². The van der Waals surface area contributed by atoms with E-state index in [-0.39, 0.29) is 55.0 Å². The molecule has 1 fully saturated rings. The monoisotopic (exact) mass is 487 g/mol. The lowest BCUT2D eigenvalue weighted by atomic mass is 9.91. The number of Topliss-reactive ketones (excluding diaryl/α,β-unsaturated/α-hetero) is 2. The number of aryl methyl sites for hydroxylation is 1. The summed E-state index contributed by atoms with van der Waals surface area (Å²) >= 11 is 0. The van der Waals surface area contributed by atoms with Crippen LogP contribution in [0.25, 0.3) is 0 Å². The van der Waals surface area contributed by atoms with Gasteiger partial charge in [-0.15, -0.1) is 0 Å². The molecule has 0 aliphatic heterocycles. The Kier molecular flexibility index (Phi) is 9.14.